The highest BCUT2D eigenvalue weighted by Crippen LogP contribution is 2.21. The lowest BCUT2D eigenvalue weighted by Crippen LogP contribution is -2.64. The topological polar surface area (TPSA) is 47.6 Å². The average Bonchev–Trinajstić information content (AvgIpc) is 2.48. The fourth-order valence-corrected chi connectivity index (χ4v) is 2.86. The number of carbonyl (C=O) groups excluding carboxylic acids is 1. The molecule has 0 radical (unpaired) electrons. The van der Waals surface area contributed by atoms with Gasteiger partial charge in [-0.2, -0.15) is 0 Å². The summed E-state index contributed by atoms with van der Waals surface area (Å²) in [6.07, 6.45) is 0.462. The van der Waals surface area contributed by atoms with Crippen molar-refractivity contribution in [1.82, 2.24) is 20.4 Å². The van der Waals surface area contributed by atoms with Gasteiger partial charge in [0, 0.05) is 38.6 Å². The van der Waals surface area contributed by atoms with Crippen LogP contribution in [0.3, 0.4) is 0 Å². The van der Waals surface area contributed by atoms with Crippen LogP contribution in [0.1, 0.15) is 18.0 Å². The molecule has 2 aliphatic rings. The summed E-state index contributed by atoms with van der Waals surface area (Å²) in [5, 5.41) is 6.62. The lowest BCUT2D eigenvalue weighted by Gasteiger charge is -2.42. The summed E-state index contributed by atoms with van der Waals surface area (Å²) in [5.74, 6) is 0.126. The van der Waals surface area contributed by atoms with Gasteiger partial charge in [-0.25, -0.2) is 0 Å². The van der Waals surface area contributed by atoms with Crippen LogP contribution in [0.25, 0.3) is 0 Å². The second kappa shape index (κ2) is 5.91. The van der Waals surface area contributed by atoms with Gasteiger partial charge < -0.3 is 10.2 Å². The van der Waals surface area contributed by atoms with E-state index in [0.29, 0.717) is 6.42 Å². The number of hydrogen-bond acceptors (Lipinski definition) is 4. The second-order valence-corrected chi connectivity index (χ2v) is 5.64. The smallest absolute Gasteiger partial charge is 0.224 e. The van der Waals surface area contributed by atoms with Crippen LogP contribution in [-0.4, -0.2) is 55.2 Å². The van der Waals surface area contributed by atoms with Crippen LogP contribution in [0.15, 0.2) is 30.3 Å². The lowest BCUT2D eigenvalue weighted by atomic mass is 10.0. The number of nitrogens with zero attached hydrogens (tertiary/aromatic N) is 2. The number of likely N-dealkylation sites (N-methyl/N-ethyl adjacent to an activating group) is 1. The molecule has 3 rings (SSSR count). The molecule has 1 aromatic carbocycles. The Bertz CT molecular complexity index is 456. The monoisotopic (exact) mass is 274 g/mol. The van der Waals surface area contributed by atoms with E-state index in [1.165, 1.54) is 5.56 Å². The SMILES string of the molecule is CN1CCN(C2NC(=O)CC(c3ccccc3)N2)CC1. The van der Waals surface area contributed by atoms with Crippen molar-refractivity contribution in [1.29, 1.82) is 0 Å². The third-order valence-electron chi connectivity index (χ3n) is 4.15. The molecule has 0 spiro atoms. The summed E-state index contributed by atoms with van der Waals surface area (Å²) in [7, 11) is 2.14. The minimum Gasteiger partial charge on any atom is -0.328 e. The Balaban J connectivity index is 1.69. The number of piperazine rings is 1. The van der Waals surface area contributed by atoms with Crippen molar-refractivity contribution >= 4 is 5.91 Å². The van der Waals surface area contributed by atoms with Gasteiger partial charge in [-0.1, -0.05) is 30.3 Å². The van der Waals surface area contributed by atoms with Gasteiger partial charge in [0.05, 0.1) is 0 Å². The summed E-state index contributed by atoms with van der Waals surface area (Å²) in [5.41, 5.74) is 1.18. The van der Waals surface area contributed by atoms with Crippen LogP contribution in [0.5, 0.6) is 0 Å². The highest BCUT2D eigenvalue weighted by molar-refractivity contribution is 5.78. The fraction of sp³-hybridized carbons (Fsp3) is 0.533. The summed E-state index contributed by atoms with van der Waals surface area (Å²) in [4.78, 5) is 16.6. The molecule has 5 heteroatoms. The van der Waals surface area contributed by atoms with E-state index in [1.807, 2.05) is 18.2 Å². The van der Waals surface area contributed by atoms with Crippen LogP contribution in [0, 0.1) is 0 Å². The Labute approximate surface area is 119 Å². The number of benzene rings is 1. The first-order chi connectivity index (χ1) is 9.72. The molecular weight excluding hydrogens is 252 g/mol. The van der Waals surface area contributed by atoms with Gasteiger partial charge in [0.15, 0.2) is 0 Å². The molecule has 2 fully saturated rings. The molecule has 0 saturated carbocycles. The Kier molecular flexibility index (Phi) is 4.00. The number of carbonyl (C=O) groups is 1. The maximum atomic E-state index is 12.0. The van der Waals surface area contributed by atoms with Gasteiger partial charge in [0.25, 0.3) is 0 Å². The van der Waals surface area contributed by atoms with Crippen molar-refractivity contribution < 1.29 is 4.79 Å². The van der Waals surface area contributed by atoms with Crippen molar-refractivity contribution in [3.63, 3.8) is 0 Å². The molecule has 20 heavy (non-hydrogen) atoms. The number of rotatable bonds is 2. The van der Waals surface area contributed by atoms with Crippen LogP contribution in [0.2, 0.25) is 0 Å². The zero-order chi connectivity index (χ0) is 13.9. The largest absolute Gasteiger partial charge is 0.328 e. The minimum absolute atomic E-state index is 0.0462. The molecule has 2 heterocycles. The van der Waals surface area contributed by atoms with Gasteiger partial charge in [0.2, 0.25) is 5.91 Å². The van der Waals surface area contributed by atoms with E-state index in [4.69, 9.17) is 0 Å². The molecular formula is C15H22N4O. The van der Waals surface area contributed by atoms with E-state index in [-0.39, 0.29) is 18.2 Å². The van der Waals surface area contributed by atoms with Gasteiger partial charge in [-0.3, -0.25) is 15.0 Å². The first-order valence-corrected chi connectivity index (χ1v) is 7.25. The van der Waals surface area contributed by atoms with E-state index >= 15 is 0 Å². The van der Waals surface area contributed by atoms with Crippen LogP contribution in [-0.2, 0) is 4.79 Å². The zero-order valence-electron chi connectivity index (χ0n) is 11.9. The molecule has 108 valence electrons. The predicted octanol–water partition coefficient (Wildman–Crippen LogP) is 0.368. The lowest BCUT2D eigenvalue weighted by molar-refractivity contribution is -0.127. The van der Waals surface area contributed by atoms with Crippen molar-refractivity contribution in [2.45, 2.75) is 18.8 Å². The predicted molar refractivity (Wildman–Crippen MR) is 77.9 cm³/mol. The van der Waals surface area contributed by atoms with E-state index < -0.39 is 0 Å². The highest BCUT2D eigenvalue weighted by atomic mass is 16.2. The molecule has 2 unspecified atom stereocenters. The molecule has 0 bridgehead atoms. The first kappa shape index (κ1) is 13.5. The minimum atomic E-state index is -0.0462. The van der Waals surface area contributed by atoms with Crippen LogP contribution >= 0.6 is 0 Å². The van der Waals surface area contributed by atoms with Crippen LogP contribution in [0.4, 0.5) is 0 Å². The summed E-state index contributed by atoms with van der Waals surface area (Å²) < 4.78 is 0. The molecule has 0 aromatic heterocycles. The van der Waals surface area contributed by atoms with Gasteiger partial charge in [0.1, 0.15) is 6.29 Å². The van der Waals surface area contributed by atoms with Crippen molar-refractivity contribution in [2.24, 2.45) is 0 Å². The van der Waals surface area contributed by atoms with Crippen molar-refractivity contribution in [3.05, 3.63) is 35.9 Å². The molecule has 0 aliphatic carbocycles. The molecule has 5 nitrogen and oxygen atoms in total. The van der Waals surface area contributed by atoms with E-state index in [2.05, 4.69) is 39.6 Å². The third-order valence-corrected chi connectivity index (χ3v) is 4.15. The molecule has 2 N–H and O–H groups in total. The summed E-state index contributed by atoms with van der Waals surface area (Å²) in [6.45, 7) is 4.06. The Morgan fingerprint density at radius 2 is 1.80 bits per heavy atom. The van der Waals surface area contributed by atoms with Gasteiger partial charge in [-0.05, 0) is 12.6 Å². The molecule has 2 saturated heterocycles. The fourth-order valence-electron chi connectivity index (χ4n) is 2.86. The van der Waals surface area contributed by atoms with Gasteiger partial charge in [-0.15, -0.1) is 0 Å². The average molecular weight is 274 g/mol. The van der Waals surface area contributed by atoms with Crippen molar-refractivity contribution in [2.75, 3.05) is 33.2 Å². The number of hydrogen-bond donors (Lipinski definition) is 2. The molecule has 1 aromatic rings. The standard InChI is InChI=1S/C15H22N4O/c1-18-7-9-19(10-8-18)15-16-13(11-14(20)17-15)12-5-3-2-4-6-12/h2-6,13,15-16H,7-11H2,1H3,(H,17,20). The maximum Gasteiger partial charge on any atom is 0.224 e. The quantitative estimate of drug-likeness (QED) is 0.818. The Morgan fingerprint density at radius 1 is 1.10 bits per heavy atom. The van der Waals surface area contributed by atoms with E-state index in [9.17, 15) is 4.79 Å². The summed E-state index contributed by atoms with van der Waals surface area (Å²) in [6, 6.07) is 10.3. The van der Waals surface area contributed by atoms with Crippen molar-refractivity contribution in [3.8, 4) is 0 Å². The molecule has 2 aliphatic heterocycles. The first-order valence-electron chi connectivity index (χ1n) is 7.25. The Morgan fingerprint density at radius 3 is 2.50 bits per heavy atom. The van der Waals surface area contributed by atoms with Crippen LogP contribution < -0.4 is 10.6 Å². The molecule has 1 amide bonds. The van der Waals surface area contributed by atoms with E-state index in [0.717, 1.165) is 26.2 Å². The normalized spacial score (nSPS) is 29.1. The molecule has 2 atom stereocenters. The number of amides is 1. The van der Waals surface area contributed by atoms with Gasteiger partial charge >= 0.3 is 0 Å². The second-order valence-electron chi connectivity index (χ2n) is 5.64. The summed E-state index contributed by atoms with van der Waals surface area (Å²) >= 11 is 0. The van der Waals surface area contributed by atoms with E-state index in [1.54, 1.807) is 0 Å². The maximum absolute atomic E-state index is 12.0. The Hall–Kier alpha value is -1.43. The highest BCUT2D eigenvalue weighted by Gasteiger charge is 2.31. The zero-order valence-corrected chi connectivity index (χ0v) is 11.9. The number of nitrogens with one attached hydrogen (secondary N) is 2. The third kappa shape index (κ3) is 3.00.